The van der Waals surface area contributed by atoms with Crippen LogP contribution in [0, 0.1) is 6.92 Å². The van der Waals surface area contributed by atoms with E-state index in [1.54, 1.807) is 4.90 Å². The molecule has 1 unspecified atom stereocenters. The first-order valence-corrected chi connectivity index (χ1v) is 9.17. The SMILES string of the molecule is Cc1cccc(CN2C(=O)CCC2c2nc(-c3cccc(C(F)(F)F)c3)no2)c1. The zero-order chi connectivity index (χ0) is 20.6. The number of benzene rings is 2. The summed E-state index contributed by atoms with van der Waals surface area (Å²) in [4.78, 5) is 18.4. The molecule has 2 heterocycles. The number of aromatic nitrogens is 2. The van der Waals surface area contributed by atoms with Crippen molar-refractivity contribution in [3.63, 3.8) is 0 Å². The minimum atomic E-state index is -4.45. The number of hydrogen-bond donors (Lipinski definition) is 0. The number of hydrogen-bond acceptors (Lipinski definition) is 4. The van der Waals surface area contributed by atoms with Crippen LogP contribution >= 0.6 is 0 Å². The lowest BCUT2D eigenvalue weighted by atomic mass is 10.1. The minimum absolute atomic E-state index is 0.0182. The molecule has 1 aliphatic heterocycles. The molecule has 1 atom stereocenters. The fourth-order valence-corrected chi connectivity index (χ4v) is 3.52. The normalized spacial score (nSPS) is 17.2. The predicted molar refractivity (Wildman–Crippen MR) is 98.4 cm³/mol. The summed E-state index contributed by atoms with van der Waals surface area (Å²) in [6.07, 6.45) is -3.57. The molecule has 0 bridgehead atoms. The molecule has 3 aromatic rings. The third-order valence-corrected chi connectivity index (χ3v) is 4.94. The van der Waals surface area contributed by atoms with Gasteiger partial charge in [-0.2, -0.15) is 18.2 Å². The maximum atomic E-state index is 13.0. The van der Waals surface area contributed by atoms with Crippen molar-refractivity contribution in [1.29, 1.82) is 0 Å². The Morgan fingerprint density at radius 1 is 1.17 bits per heavy atom. The Hall–Kier alpha value is -3.16. The van der Waals surface area contributed by atoms with Crippen molar-refractivity contribution in [2.75, 3.05) is 0 Å². The Balaban J connectivity index is 1.59. The first kappa shape index (κ1) is 19.2. The number of carbonyl (C=O) groups excluding carboxylic acids is 1. The summed E-state index contributed by atoms with van der Waals surface area (Å²) in [7, 11) is 0. The number of rotatable bonds is 4. The van der Waals surface area contributed by atoms with Crippen LogP contribution in [0.25, 0.3) is 11.4 Å². The van der Waals surface area contributed by atoms with Crippen LogP contribution in [0.5, 0.6) is 0 Å². The van der Waals surface area contributed by atoms with Gasteiger partial charge in [0.25, 0.3) is 0 Å². The van der Waals surface area contributed by atoms with Crippen LogP contribution in [0.15, 0.2) is 53.1 Å². The molecule has 29 heavy (non-hydrogen) atoms. The molecule has 0 aliphatic carbocycles. The second-order valence-electron chi connectivity index (χ2n) is 7.10. The summed E-state index contributed by atoms with van der Waals surface area (Å²) in [5, 5.41) is 3.84. The van der Waals surface area contributed by atoms with Crippen molar-refractivity contribution in [2.24, 2.45) is 0 Å². The predicted octanol–water partition coefficient (Wildman–Crippen LogP) is 4.93. The van der Waals surface area contributed by atoms with Crippen LogP contribution in [0.1, 0.15) is 41.5 Å². The van der Waals surface area contributed by atoms with Gasteiger partial charge in [0.1, 0.15) is 6.04 Å². The Labute approximate surface area is 165 Å². The number of likely N-dealkylation sites (tertiary alicyclic amines) is 1. The molecular formula is C21H18F3N3O2. The van der Waals surface area contributed by atoms with Gasteiger partial charge in [0.2, 0.25) is 17.6 Å². The van der Waals surface area contributed by atoms with Gasteiger partial charge < -0.3 is 9.42 Å². The third kappa shape index (κ3) is 4.01. The molecule has 5 nitrogen and oxygen atoms in total. The van der Waals surface area contributed by atoms with E-state index in [9.17, 15) is 18.0 Å². The zero-order valence-electron chi connectivity index (χ0n) is 15.6. The second-order valence-corrected chi connectivity index (χ2v) is 7.10. The van der Waals surface area contributed by atoms with Crippen LogP contribution < -0.4 is 0 Å². The zero-order valence-corrected chi connectivity index (χ0v) is 15.6. The lowest BCUT2D eigenvalue weighted by molar-refractivity contribution is -0.137. The number of halogens is 3. The molecule has 2 aromatic carbocycles. The Bertz CT molecular complexity index is 1050. The van der Waals surface area contributed by atoms with Crippen molar-refractivity contribution in [2.45, 2.75) is 38.5 Å². The molecule has 0 spiro atoms. The maximum Gasteiger partial charge on any atom is 0.416 e. The number of nitrogens with zero attached hydrogens (tertiary/aromatic N) is 3. The molecule has 1 aliphatic rings. The Kier molecular flexibility index (Phi) is 4.86. The topological polar surface area (TPSA) is 59.2 Å². The highest BCUT2D eigenvalue weighted by atomic mass is 19.4. The molecule has 0 N–H and O–H groups in total. The lowest BCUT2D eigenvalue weighted by Gasteiger charge is -2.22. The average Bonchev–Trinajstić information content (AvgIpc) is 3.29. The summed E-state index contributed by atoms with van der Waals surface area (Å²) in [5.74, 6) is 0.284. The maximum absolute atomic E-state index is 13.0. The highest BCUT2D eigenvalue weighted by Crippen LogP contribution is 2.35. The van der Waals surface area contributed by atoms with Crippen molar-refractivity contribution >= 4 is 5.91 Å². The molecule has 0 radical (unpaired) electrons. The van der Waals surface area contributed by atoms with Crippen LogP contribution in [0.3, 0.4) is 0 Å². The van der Waals surface area contributed by atoms with E-state index in [-0.39, 0.29) is 23.2 Å². The number of amides is 1. The minimum Gasteiger partial charge on any atom is -0.337 e. The monoisotopic (exact) mass is 401 g/mol. The Morgan fingerprint density at radius 3 is 2.72 bits per heavy atom. The fraction of sp³-hybridized carbons (Fsp3) is 0.286. The van der Waals surface area contributed by atoms with Gasteiger partial charge in [-0.05, 0) is 31.0 Å². The first-order chi connectivity index (χ1) is 13.8. The second kappa shape index (κ2) is 7.35. The van der Waals surface area contributed by atoms with Gasteiger partial charge in [-0.1, -0.05) is 47.1 Å². The van der Waals surface area contributed by atoms with Gasteiger partial charge in [0.05, 0.1) is 5.56 Å². The molecule has 4 rings (SSSR count). The smallest absolute Gasteiger partial charge is 0.337 e. The molecule has 0 saturated carbocycles. The highest BCUT2D eigenvalue weighted by Gasteiger charge is 2.36. The van der Waals surface area contributed by atoms with Crippen LogP contribution in [-0.2, 0) is 17.5 Å². The van der Waals surface area contributed by atoms with Gasteiger partial charge in [-0.25, -0.2) is 0 Å². The third-order valence-electron chi connectivity index (χ3n) is 4.94. The van der Waals surface area contributed by atoms with Crippen molar-refractivity contribution in [1.82, 2.24) is 15.0 Å². The van der Waals surface area contributed by atoms with Gasteiger partial charge in [0.15, 0.2) is 0 Å². The van der Waals surface area contributed by atoms with Crippen LogP contribution in [-0.4, -0.2) is 20.9 Å². The van der Waals surface area contributed by atoms with E-state index in [0.29, 0.717) is 19.4 Å². The van der Waals surface area contributed by atoms with Crippen LogP contribution in [0.4, 0.5) is 13.2 Å². The van der Waals surface area contributed by atoms with Crippen molar-refractivity contribution in [3.05, 3.63) is 71.1 Å². The molecular weight excluding hydrogens is 383 g/mol. The van der Waals surface area contributed by atoms with Crippen molar-refractivity contribution in [3.8, 4) is 11.4 Å². The molecule has 8 heteroatoms. The van der Waals surface area contributed by atoms with E-state index in [4.69, 9.17) is 4.52 Å². The lowest BCUT2D eigenvalue weighted by Crippen LogP contribution is -2.27. The van der Waals surface area contributed by atoms with Gasteiger partial charge in [0, 0.05) is 18.5 Å². The van der Waals surface area contributed by atoms with Gasteiger partial charge in [-0.3, -0.25) is 4.79 Å². The molecule has 1 fully saturated rings. The molecule has 1 saturated heterocycles. The first-order valence-electron chi connectivity index (χ1n) is 9.17. The average molecular weight is 401 g/mol. The molecule has 150 valence electrons. The van der Waals surface area contributed by atoms with E-state index in [2.05, 4.69) is 10.1 Å². The van der Waals surface area contributed by atoms with Gasteiger partial charge in [-0.15, -0.1) is 0 Å². The van der Waals surface area contributed by atoms with Crippen LogP contribution in [0.2, 0.25) is 0 Å². The number of carbonyl (C=O) groups is 1. The number of aryl methyl sites for hydroxylation is 1. The van der Waals surface area contributed by atoms with E-state index >= 15 is 0 Å². The summed E-state index contributed by atoms with van der Waals surface area (Å²) < 4.78 is 44.2. The molecule has 1 amide bonds. The summed E-state index contributed by atoms with van der Waals surface area (Å²) in [6, 6.07) is 12.2. The van der Waals surface area contributed by atoms with Crippen molar-refractivity contribution < 1.29 is 22.5 Å². The standard InChI is InChI=1S/C21H18F3N3O2/c1-13-4-2-5-14(10-13)12-27-17(8-9-18(27)28)20-25-19(26-29-20)15-6-3-7-16(11-15)21(22,23)24/h2-7,10-11,17H,8-9,12H2,1H3. The van der Waals surface area contributed by atoms with Gasteiger partial charge >= 0.3 is 6.18 Å². The number of alkyl halides is 3. The van der Waals surface area contributed by atoms with E-state index in [1.165, 1.54) is 12.1 Å². The molecule has 1 aromatic heterocycles. The van der Waals surface area contributed by atoms with E-state index in [1.807, 2.05) is 31.2 Å². The van der Waals surface area contributed by atoms with E-state index < -0.39 is 17.8 Å². The summed E-state index contributed by atoms with van der Waals surface area (Å²) >= 11 is 0. The largest absolute Gasteiger partial charge is 0.416 e. The summed E-state index contributed by atoms with van der Waals surface area (Å²) in [6.45, 7) is 2.39. The Morgan fingerprint density at radius 2 is 1.97 bits per heavy atom. The quantitative estimate of drug-likeness (QED) is 0.622. The highest BCUT2D eigenvalue weighted by molar-refractivity contribution is 5.78. The fourth-order valence-electron chi connectivity index (χ4n) is 3.52. The summed E-state index contributed by atoms with van der Waals surface area (Å²) in [5.41, 5.74) is 1.51. The van der Waals surface area contributed by atoms with E-state index in [0.717, 1.165) is 23.3 Å².